The van der Waals surface area contributed by atoms with Crippen molar-refractivity contribution in [2.24, 2.45) is 5.92 Å². The van der Waals surface area contributed by atoms with Gasteiger partial charge >= 0.3 is 0 Å². The van der Waals surface area contributed by atoms with Gasteiger partial charge in [-0.15, -0.1) is 0 Å². The fraction of sp³-hybridized carbons (Fsp3) is 0.406. The van der Waals surface area contributed by atoms with Gasteiger partial charge in [0.05, 0.1) is 14.2 Å². The van der Waals surface area contributed by atoms with Gasteiger partial charge in [-0.25, -0.2) is 0 Å². The Morgan fingerprint density at radius 1 is 0.895 bits per heavy atom. The Hall–Kier alpha value is -2.96. The summed E-state index contributed by atoms with van der Waals surface area (Å²) in [4.78, 5) is 17.1. The Labute approximate surface area is 231 Å². The van der Waals surface area contributed by atoms with Crippen molar-refractivity contribution < 1.29 is 14.3 Å². The summed E-state index contributed by atoms with van der Waals surface area (Å²) in [6, 6.07) is 21.7. The molecule has 1 aliphatic heterocycles. The van der Waals surface area contributed by atoms with Crippen molar-refractivity contribution in [1.29, 1.82) is 0 Å². The number of anilines is 1. The van der Waals surface area contributed by atoms with Crippen LogP contribution in [0.1, 0.15) is 62.3 Å². The van der Waals surface area contributed by atoms with E-state index in [0.717, 1.165) is 48.0 Å². The highest BCUT2D eigenvalue weighted by molar-refractivity contribution is 7.99. The quantitative estimate of drug-likeness (QED) is 0.306. The zero-order chi connectivity index (χ0) is 27.2. The highest BCUT2D eigenvalue weighted by atomic mass is 32.2. The molecule has 0 spiro atoms. The fourth-order valence-electron chi connectivity index (χ4n) is 5.08. The average molecular weight is 533 g/mol. The van der Waals surface area contributed by atoms with E-state index in [9.17, 15) is 4.79 Å². The van der Waals surface area contributed by atoms with Gasteiger partial charge in [-0.1, -0.05) is 43.8 Å². The molecule has 5 nitrogen and oxygen atoms in total. The number of likely N-dealkylation sites (tertiary alicyclic amines) is 1. The Balaban J connectivity index is 1.35. The number of amides is 1. The molecule has 1 aliphatic rings. The van der Waals surface area contributed by atoms with Crippen LogP contribution in [-0.2, 0) is 4.79 Å². The Morgan fingerprint density at radius 2 is 1.55 bits per heavy atom. The van der Waals surface area contributed by atoms with Crippen molar-refractivity contribution in [3.8, 4) is 11.5 Å². The number of ether oxygens (including phenoxy) is 2. The lowest BCUT2D eigenvalue weighted by atomic mass is 9.86. The first-order chi connectivity index (χ1) is 18.3. The minimum absolute atomic E-state index is 0.0249. The van der Waals surface area contributed by atoms with Gasteiger partial charge in [0, 0.05) is 27.4 Å². The third kappa shape index (κ3) is 6.72. The highest BCUT2D eigenvalue weighted by Gasteiger charge is 2.25. The topological polar surface area (TPSA) is 50.8 Å². The number of hydrogen-bond acceptors (Lipinski definition) is 5. The average Bonchev–Trinajstić information content (AvgIpc) is 2.94. The molecule has 0 aliphatic carbocycles. The summed E-state index contributed by atoms with van der Waals surface area (Å²) < 4.78 is 10.8. The van der Waals surface area contributed by atoms with Crippen molar-refractivity contribution in [3.63, 3.8) is 0 Å². The van der Waals surface area contributed by atoms with E-state index >= 15 is 0 Å². The van der Waals surface area contributed by atoms with Crippen LogP contribution in [0.25, 0.3) is 0 Å². The van der Waals surface area contributed by atoms with E-state index < -0.39 is 0 Å². The first kappa shape index (κ1) is 28.1. The molecule has 4 rings (SSSR count). The number of nitrogens with one attached hydrogen (secondary N) is 1. The highest BCUT2D eigenvalue weighted by Crippen LogP contribution is 2.37. The fourth-order valence-corrected chi connectivity index (χ4v) is 5.93. The van der Waals surface area contributed by atoms with Crippen LogP contribution in [-0.4, -0.2) is 38.1 Å². The van der Waals surface area contributed by atoms with Crippen molar-refractivity contribution in [3.05, 3.63) is 77.4 Å². The van der Waals surface area contributed by atoms with E-state index in [4.69, 9.17) is 9.47 Å². The van der Waals surface area contributed by atoms with Crippen molar-refractivity contribution in [1.82, 2.24) is 4.90 Å². The predicted molar refractivity (Wildman–Crippen MR) is 157 cm³/mol. The van der Waals surface area contributed by atoms with Crippen LogP contribution in [0.15, 0.2) is 70.5 Å². The minimum Gasteiger partial charge on any atom is -0.493 e. The van der Waals surface area contributed by atoms with E-state index in [-0.39, 0.29) is 11.8 Å². The first-order valence-corrected chi connectivity index (χ1v) is 14.3. The number of rotatable bonds is 9. The zero-order valence-electron chi connectivity index (χ0n) is 23.4. The van der Waals surface area contributed by atoms with E-state index in [2.05, 4.69) is 66.5 Å². The summed E-state index contributed by atoms with van der Waals surface area (Å²) >= 11 is 1.72. The van der Waals surface area contributed by atoms with Crippen LogP contribution in [0.2, 0.25) is 0 Å². The molecule has 6 heteroatoms. The maximum atomic E-state index is 12.2. The second-order valence-corrected chi connectivity index (χ2v) is 11.5. The van der Waals surface area contributed by atoms with Gasteiger partial charge in [0.1, 0.15) is 0 Å². The number of carbonyl (C=O) groups is 1. The number of benzene rings is 3. The molecule has 0 bridgehead atoms. The number of piperidine rings is 1. The molecule has 1 atom stereocenters. The summed E-state index contributed by atoms with van der Waals surface area (Å²) in [5.74, 6) is 2.05. The third-order valence-electron chi connectivity index (χ3n) is 7.54. The second kappa shape index (κ2) is 12.7. The summed E-state index contributed by atoms with van der Waals surface area (Å²) in [6.45, 7) is 10.5. The van der Waals surface area contributed by atoms with Gasteiger partial charge in [0.25, 0.3) is 0 Å². The first-order valence-electron chi connectivity index (χ1n) is 13.4. The molecule has 1 amide bonds. The smallest absolute Gasteiger partial charge is 0.226 e. The molecule has 1 saturated heterocycles. The molecule has 3 aromatic rings. The maximum Gasteiger partial charge on any atom is 0.226 e. The molecule has 202 valence electrons. The van der Waals surface area contributed by atoms with Crippen LogP contribution in [0.5, 0.6) is 11.5 Å². The summed E-state index contributed by atoms with van der Waals surface area (Å²) in [5.41, 5.74) is 4.93. The van der Waals surface area contributed by atoms with Gasteiger partial charge in [-0.3, -0.25) is 9.69 Å². The largest absolute Gasteiger partial charge is 0.493 e. The number of hydrogen-bond donors (Lipinski definition) is 1. The van der Waals surface area contributed by atoms with E-state index in [1.165, 1.54) is 21.6 Å². The van der Waals surface area contributed by atoms with Gasteiger partial charge in [0.2, 0.25) is 5.91 Å². The number of nitrogens with zero attached hydrogens (tertiary/aromatic N) is 1. The van der Waals surface area contributed by atoms with Crippen LogP contribution in [0, 0.1) is 12.8 Å². The lowest BCUT2D eigenvalue weighted by Gasteiger charge is -2.37. The molecule has 1 heterocycles. The van der Waals surface area contributed by atoms with Crippen molar-refractivity contribution in [2.45, 2.75) is 62.3 Å². The molecular weight excluding hydrogens is 492 g/mol. The van der Waals surface area contributed by atoms with E-state index in [1.807, 2.05) is 32.0 Å². The number of aryl methyl sites for hydroxylation is 1. The van der Waals surface area contributed by atoms with Crippen molar-refractivity contribution in [2.75, 3.05) is 32.6 Å². The van der Waals surface area contributed by atoms with Gasteiger partial charge < -0.3 is 14.8 Å². The lowest BCUT2D eigenvalue weighted by molar-refractivity contribution is -0.118. The Morgan fingerprint density at radius 3 is 2.18 bits per heavy atom. The van der Waals surface area contributed by atoms with E-state index in [0.29, 0.717) is 12.0 Å². The van der Waals surface area contributed by atoms with Crippen LogP contribution >= 0.6 is 11.8 Å². The Kier molecular flexibility index (Phi) is 9.40. The monoisotopic (exact) mass is 532 g/mol. The van der Waals surface area contributed by atoms with Gasteiger partial charge in [0.15, 0.2) is 11.5 Å². The normalized spacial score (nSPS) is 15.3. The van der Waals surface area contributed by atoms with Crippen LogP contribution in [0.4, 0.5) is 5.69 Å². The van der Waals surface area contributed by atoms with Crippen LogP contribution < -0.4 is 14.8 Å². The molecule has 0 saturated carbocycles. The zero-order valence-corrected chi connectivity index (χ0v) is 24.2. The molecule has 1 N–H and O–H groups in total. The van der Waals surface area contributed by atoms with Gasteiger partial charge in [-0.05, 0) is 105 Å². The molecule has 0 radical (unpaired) electrons. The third-order valence-corrected chi connectivity index (χ3v) is 8.54. The maximum absolute atomic E-state index is 12.2. The summed E-state index contributed by atoms with van der Waals surface area (Å²) in [7, 11) is 3.32. The van der Waals surface area contributed by atoms with Crippen molar-refractivity contribution >= 4 is 23.4 Å². The van der Waals surface area contributed by atoms with Crippen LogP contribution in [0.3, 0.4) is 0 Å². The van der Waals surface area contributed by atoms with Gasteiger partial charge in [-0.2, -0.15) is 0 Å². The standard InChI is InChI=1S/C32H40N2O3S/c1-21(2)32(35)33-26-10-7-22(3)29(19-26)25-15-17-34(18-16-25)23(4)24-8-11-27(12-9-24)38-28-13-14-30(36-5)31(20-28)37-6/h7-14,19-21,23,25H,15-18H2,1-6H3,(H,33,35). The SMILES string of the molecule is COc1ccc(Sc2ccc(C(C)N3CCC(c4cc(NC(=O)C(C)C)ccc4C)CC3)cc2)cc1OC. The second-order valence-electron chi connectivity index (χ2n) is 10.4. The molecule has 0 aromatic heterocycles. The minimum atomic E-state index is -0.0249. The summed E-state index contributed by atoms with van der Waals surface area (Å²) in [5, 5.41) is 3.06. The Bertz CT molecular complexity index is 1230. The van der Waals surface area contributed by atoms with E-state index in [1.54, 1.807) is 26.0 Å². The number of methoxy groups -OCH3 is 2. The lowest BCUT2D eigenvalue weighted by Crippen LogP contribution is -2.35. The molecule has 3 aromatic carbocycles. The molecule has 38 heavy (non-hydrogen) atoms. The molecular formula is C32H40N2O3S. The molecule has 1 unspecified atom stereocenters. The predicted octanol–water partition coefficient (Wildman–Crippen LogP) is 7.70. The molecule has 1 fully saturated rings. The summed E-state index contributed by atoms with van der Waals surface area (Å²) in [6.07, 6.45) is 2.25. The number of carbonyl (C=O) groups excluding carboxylic acids is 1.